The van der Waals surface area contributed by atoms with Crippen molar-refractivity contribution in [1.29, 1.82) is 0 Å². The van der Waals surface area contributed by atoms with Crippen LogP contribution in [0, 0.1) is 0 Å². The number of hydrogen-bond acceptors (Lipinski definition) is 5. The maximum absolute atomic E-state index is 6.37. The molecule has 5 heteroatoms. The van der Waals surface area contributed by atoms with Crippen LogP contribution in [0.3, 0.4) is 0 Å². The molecule has 1 aromatic heterocycles. The quantitative estimate of drug-likeness (QED) is 0.830. The fourth-order valence-electron chi connectivity index (χ4n) is 4.15. The monoisotopic (exact) mass is 367 g/mol. The number of aryl methyl sites for hydroxylation is 1. The van der Waals surface area contributed by atoms with Crippen LogP contribution in [0.15, 0.2) is 30.3 Å². The molecular formula is C22H29N3O2. The summed E-state index contributed by atoms with van der Waals surface area (Å²) in [7, 11) is 1.71. The Hall–Kier alpha value is -1.98. The highest BCUT2D eigenvalue weighted by Crippen LogP contribution is 2.42. The van der Waals surface area contributed by atoms with Gasteiger partial charge in [0.05, 0.1) is 25.5 Å². The molecule has 1 fully saturated rings. The highest BCUT2D eigenvalue weighted by Gasteiger charge is 2.43. The van der Waals surface area contributed by atoms with Crippen LogP contribution in [0.2, 0.25) is 0 Å². The van der Waals surface area contributed by atoms with Crippen molar-refractivity contribution in [3.05, 3.63) is 53.0 Å². The first-order valence-corrected chi connectivity index (χ1v) is 9.76. The van der Waals surface area contributed by atoms with E-state index in [1.165, 1.54) is 11.1 Å². The van der Waals surface area contributed by atoms with Gasteiger partial charge in [-0.05, 0) is 24.0 Å². The van der Waals surface area contributed by atoms with E-state index in [-0.39, 0.29) is 11.0 Å². The van der Waals surface area contributed by atoms with E-state index in [2.05, 4.69) is 56.0 Å². The molecule has 27 heavy (non-hydrogen) atoms. The number of methoxy groups -OCH3 is 1. The fraction of sp³-hybridized carbons (Fsp3) is 0.545. The molecule has 0 N–H and O–H groups in total. The molecule has 1 aliphatic heterocycles. The predicted molar refractivity (Wildman–Crippen MR) is 106 cm³/mol. The minimum Gasteiger partial charge on any atom is -0.378 e. The maximum Gasteiger partial charge on any atom is 0.136 e. The second-order valence-corrected chi connectivity index (χ2v) is 8.65. The number of anilines is 1. The van der Waals surface area contributed by atoms with E-state index in [1.54, 1.807) is 7.11 Å². The highest BCUT2D eigenvalue weighted by molar-refractivity contribution is 5.45. The number of aromatic nitrogens is 2. The summed E-state index contributed by atoms with van der Waals surface area (Å²) >= 11 is 0. The normalized spacial score (nSPS) is 22.3. The lowest BCUT2D eigenvalue weighted by atomic mass is 9.93. The Labute approximate surface area is 161 Å². The largest absolute Gasteiger partial charge is 0.378 e. The first-order valence-electron chi connectivity index (χ1n) is 9.76. The van der Waals surface area contributed by atoms with E-state index in [9.17, 15) is 0 Å². The Morgan fingerprint density at radius 1 is 1.22 bits per heavy atom. The summed E-state index contributed by atoms with van der Waals surface area (Å²) in [6.07, 6.45) is 2.11. The van der Waals surface area contributed by atoms with Crippen LogP contribution in [0.1, 0.15) is 49.8 Å². The Kier molecular flexibility index (Phi) is 4.68. The molecule has 4 rings (SSSR count). The summed E-state index contributed by atoms with van der Waals surface area (Å²) in [4.78, 5) is 12.0. The third-order valence-corrected chi connectivity index (χ3v) is 5.54. The standard InChI is InChI=1S/C22H29N3O2/c1-21(2,3)20-23-17(14-26-4)13-19(24-20)25-11-12-27-22(15-25)10-9-16-7-5-6-8-18(16)22/h5-8,13H,9-12,14-15H2,1-4H3. The minimum atomic E-state index is -0.219. The van der Waals surface area contributed by atoms with Crippen LogP contribution in [-0.2, 0) is 33.5 Å². The van der Waals surface area contributed by atoms with Crippen molar-refractivity contribution in [2.24, 2.45) is 0 Å². The minimum absolute atomic E-state index is 0.109. The molecule has 5 nitrogen and oxygen atoms in total. The predicted octanol–water partition coefficient (Wildman–Crippen LogP) is 3.60. The van der Waals surface area contributed by atoms with Crippen molar-refractivity contribution in [2.45, 2.75) is 51.2 Å². The summed E-state index contributed by atoms with van der Waals surface area (Å²) in [6, 6.07) is 10.8. The lowest BCUT2D eigenvalue weighted by molar-refractivity contribution is -0.0594. The zero-order valence-electron chi connectivity index (χ0n) is 16.8. The van der Waals surface area contributed by atoms with E-state index >= 15 is 0 Å². The summed E-state index contributed by atoms with van der Waals surface area (Å²) in [6.45, 7) is 9.33. The Morgan fingerprint density at radius 3 is 2.81 bits per heavy atom. The second-order valence-electron chi connectivity index (χ2n) is 8.65. The van der Waals surface area contributed by atoms with Crippen LogP contribution in [0.25, 0.3) is 0 Å². The number of nitrogens with zero attached hydrogens (tertiary/aromatic N) is 3. The van der Waals surface area contributed by atoms with Gasteiger partial charge >= 0.3 is 0 Å². The first kappa shape index (κ1) is 18.4. The van der Waals surface area contributed by atoms with E-state index in [0.29, 0.717) is 13.2 Å². The Balaban J connectivity index is 1.69. The van der Waals surface area contributed by atoms with Gasteiger partial charge in [-0.2, -0.15) is 0 Å². The van der Waals surface area contributed by atoms with Gasteiger partial charge in [-0.15, -0.1) is 0 Å². The van der Waals surface area contributed by atoms with Crippen molar-refractivity contribution >= 4 is 5.82 Å². The SMILES string of the molecule is COCc1cc(N2CCOC3(CCc4ccccc43)C2)nc(C(C)(C)C)n1. The average Bonchev–Trinajstić information content (AvgIpc) is 2.99. The van der Waals surface area contributed by atoms with Crippen molar-refractivity contribution < 1.29 is 9.47 Å². The molecule has 0 amide bonds. The number of hydrogen-bond donors (Lipinski definition) is 0. The third-order valence-electron chi connectivity index (χ3n) is 5.54. The molecule has 1 spiro atoms. The number of ether oxygens (including phenoxy) is 2. The molecule has 0 bridgehead atoms. The average molecular weight is 367 g/mol. The summed E-state index contributed by atoms with van der Waals surface area (Å²) in [5, 5.41) is 0. The lowest BCUT2D eigenvalue weighted by Gasteiger charge is -2.42. The summed E-state index contributed by atoms with van der Waals surface area (Å²) in [5.74, 6) is 1.84. The second kappa shape index (κ2) is 6.88. The van der Waals surface area contributed by atoms with Crippen LogP contribution >= 0.6 is 0 Å². The molecule has 0 saturated carbocycles. The van der Waals surface area contributed by atoms with E-state index < -0.39 is 0 Å². The zero-order valence-corrected chi connectivity index (χ0v) is 16.8. The first-order chi connectivity index (χ1) is 12.9. The van der Waals surface area contributed by atoms with Gasteiger partial charge in [-0.3, -0.25) is 0 Å². The molecule has 1 saturated heterocycles. The van der Waals surface area contributed by atoms with Crippen molar-refractivity contribution in [1.82, 2.24) is 9.97 Å². The zero-order chi connectivity index (χ0) is 19.1. The van der Waals surface area contributed by atoms with Crippen molar-refractivity contribution in [2.75, 3.05) is 31.7 Å². The number of rotatable bonds is 3. The number of morpholine rings is 1. The van der Waals surface area contributed by atoms with Crippen LogP contribution in [0.5, 0.6) is 0 Å². The molecule has 2 heterocycles. The van der Waals surface area contributed by atoms with Gasteiger partial charge in [0.25, 0.3) is 0 Å². The molecule has 1 unspecified atom stereocenters. The van der Waals surface area contributed by atoms with E-state index in [1.807, 2.05) is 0 Å². The smallest absolute Gasteiger partial charge is 0.136 e. The Morgan fingerprint density at radius 2 is 2.04 bits per heavy atom. The lowest BCUT2D eigenvalue weighted by Crippen LogP contribution is -2.49. The maximum atomic E-state index is 6.37. The highest BCUT2D eigenvalue weighted by atomic mass is 16.5. The van der Waals surface area contributed by atoms with Crippen LogP contribution in [0.4, 0.5) is 5.82 Å². The fourth-order valence-corrected chi connectivity index (χ4v) is 4.15. The molecule has 1 aromatic carbocycles. The third kappa shape index (κ3) is 3.46. The van der Waals surface area contributed by atoms with Gasteiger partial charge in [-0.25, -0.2) is 9.97 Å². The number of benzene rings is 1. The summed E-state index contributed by atoms with van der Waals surface area (Å²) < 4.78 is 11.7. The van der Waals surface area contributed by atoms with Crippen molar-refractivity contribution in [3.8, 4) is 0 Å². The van der Waals surface area contributed by atoms with Gasteiger partial charge < -0.3 is 14.4 Å². The summed E-state index contributed by atoms with van der Waals surface area (Å²) in [5.41, 5.74) is 3.36. The molecule has 1 atom stereocenters. The van der Waals surface area contributed by atoms with E-state index in [0.717, 1.165) is 43.3 Å². The number of fused-ring (bicyclic) bond motifs is 2. The topological polar surface area (TPSA) is 47.5 Å². The molecule has 2 aliphatic rings. The van der Waals surface area contributed by atoms with Gasteiger partial charge in [0, 0.05) is 25.1 Å². The van der Waals surface area contributed by atoms with Gasteiger partial charge in [-0.1, -0.05) is 45.0 Å². The van der Waals surface area contributed by atoms with Crippen LogP contribution in [-0.4, -0.2) is 36.8 Å². The molecule has 2 aromatic rings. The molecular weight excluding hydrogens is 338 g/mol. The van der Waals surface area contributed by atoms with Crippen LogP contribution < -0.4 is 4.90 Å². The molecule has 144 valence electrons. The van der Waals surface area contributed by atoms with E-state index in [4.69, 9.17) is 19.4 Å². The van der Waals surface area contributed by atoms with Gasteiger partial charge in [0.1, 0.15) is 17.2 Å². The van der Waals surface area contributed by atoms with Gasteiger partial charge in [0.15, 0.2) is 0 Å². The Bertz CT molecular complexity index is 827. The van der Waals surface area contributed by atoms with Crippen molar-refractivity contribution in [3.63, 3.8) is 0 Å². The molecule has 1 aliphatic carbocycles. The van der Waals surface area contributed by atoms with Gasteiger partial charge in [0.2, 0.25) is 0 Å². The molecule has 0 radical (unpaired) electrons.